The van der Waals surface area contributed by atoms with E-state index in [2.05, 4.69) is 0 Å². The van der Waals surface area contributed by atoms with E-state index in [4.69, 9.17) is 4.74 Å². The summed E-state index contributed by atoms with van der Waals surface area (Å²) in [7, 11) is 3.91. The van der Waals surface area contributed by atoms with Gasteiger partial charge in [0.25, 0.3) is 11.8 Å². The molecule has 0 bridgehead atoms. The first kappa shape index (κ1) is 18.9. The highest BCUT2D eigenvalue weighted by Crippen LogP contribution is 2.28. The van der Waals surface area contributed by atoms with Gasteiger partial charge in [-0.25, -0.2) is 0 Å². The third kappa shape index (κ3) is 3.79. The lowest BCUT2D eigenvalue weighted by Crippen LogP contribution is -2.46. The highest BCUT2D eigenvalue weighted by molar-refractivity contribution is 6.19. The quantitative estimate of drug-likeness (QED) is 0.605. The van der Waals surface area contributed by atoms with Crippen LogP contribution in [-0.4, -0.2) is 50.1 Å². The zero-order chi connectivity index (χ0) is 19.6. The van der Waals surface area contributed by atoms with Crippen molar-refractivity contribution < 1.29 is 14.3 Å². The van der Waals surface area contributed by atoms with Gasteiger partial charge in [0.15, 0.2) is 0 Å². The Kier molecular flexibility index (Phi) is 5.43. The number of hydrogen-bond donors (Lipinski definition) is 0. The molecule has 2 amide bonds. The predicted molar refractivity (Wildman–Crippen MR) is 103 cm³/mol. The molecule has 1 atom stereocenters. The van der Waals surface area contributed by atoms with Gasteiger partial charge in [0, 0.05) is 32.0 Å². The Labute approximate surface area is 159 Å². The highest BCUT2D eigenvalue weighted by Gasteiger charge is 2.37. The van der Waals surface area contributed by atoms with Crippen LogP contribution < -0.4 is 4.90 Å². The maximum absolute atomic E-state index is 13.0. The first-order valence-electron chi connectivity index (χ1n) is 9.00. The minimum atomic E-state index is -0.532. The largest absolute Gasteiger partial charge is 0.378 e. The molecule has 0 aromatic heterocycles. The number of amides is 2. The Morgan fingerprint density at radius 1 is 1.26 bits per heavy atom. The van der Waals surface area contributed by atoms with Gasteiger partial charge in [0.2, 0.25) is 0 Å². The van der Waals surface area contributed by atoms with Crippen LogP contribution in [0.3, 0.4) is 0 Å². The third-order valence-corrected chi connectivity index (χ3v) is 4.96. The van der Waals surface area contributed by atoms with Crippen molar-refractivity contribution in [2.45, 2.75) is 25.9 Å². The lowest BCUT2D eigenvalue weighted by molar-refractivity contribution is -0.142. The van der Waals surface area contributed by atoms with E-state index in [1.165, 1.54) is 0 Å². The van der Waals surface area contributed by atoms with Gasteiger partial charge in [-0.15, -0.1) is 0 Å². The molecule has 3 rings (SSSR count). The second kappa shape index (κ2) is 7.77. The topological polar surface area (TPSA) is 73.6 Å². The molecule has 0 saturated carbocycles. The number of ether oxygens (including phenoxy) is 1. The zero-order valence-corrected chi connectivity index (χ0v) is 15.9. The Balaban J connectivity index is 1.96. The van der Waals surface area contributed by atoms with E-state index < -0.39 is 5.91 Å². The van der Waals surface area contributed by atoms with Gasteiger partial charge >= 0.3 is 0 Å². The summed E-state index contributed by atoms with van der Waals surface area (Å²) in [5.74, 6) is -0.903. The molecule has 2 heterocycles. The first-order chi connectivity index (χ1) is 12.9. The molecule has 0 spiro atoms. The van der Waals surface area contributed by atoms with Crippen molar-refractivity contribution in [3.8, 4) is 6.07 Å². The molecule has 6 heteroatoms. The first-order valence-corrected chi connectivity index (χ1v) is 9.00. The number of hydrogen-bond acceptors (Lipinski definition) is 5. The van der Waals surface area contributed by atoms with E-state index in [1.807, 2.05) is 49.3 Å². The summed E-state index contributed by atoms with van der Waals surface area (Å²) in [5.41, 5.74) is 2.71. The van der Waals surface area contributed by atoms with E-state index in [9.17, 15) is 14.9 Å². The van der Waals surface area contributed by atoms with Crippen molar-refractivity contribution >= 4 is 23.6 Å². The van der Waals surface area contributed by atoms with E-state index in [1.54, 1.807) is 13.0 Å². The van der Waals surface area contributed by atoms with Crippen LogP contribution in [0.4, 0.5) is 5.69 Å². The smallest absolute Gasteiger partial charge is 0.271 e. The van der Waals surface area contributed by atoms with E-state index in [0.29, 0.717) is 17.8 Å². The predicted octanol–water partition coefficient (Wildman–Crippen LogP) is 2.52. The monoisotopic (exact) mass is 365 g/mol. The fourth-order valence-corrected chi connectivity index (χ4v) is 3.32. The Hall–Kier alpha value is -2.91. The van der Waals surface area contributed by atoms with Gasteiger partial charge in [-0.05, 0) is 49.1 Å². The zero-order valence-electron chi connectivity index (χ0n) is 15.9. The summed E-state index contributed by atoms with van der Waals surface area (Å²) in [4.78, 5) is 28.8. The van der Waals surface area contributed by atoms with Gasteiger partial charge in [-0.1, -0.05) is 12.1 Å². The number of imide groups is 1. The fraction of sp³-hybridized carbons (Fsp3) is 0.381. The molecule has 6 nitrogen and oxygen atoms in total. The van der Waals surface area contributed by atoms with Crippen LogP contribution in [0, 0.1) is 11.3 Å². The van der Waals surface area contributed by atoms with Gasteiger partial charge in [-0.3, -0.25) is 14.5 Å². The number of benzene rings is 1. The molecule has 0 aliphatic carbocycles. The summed E-state index contributed by atoms with van der Waals surface area (Å²) < 4.78 is 5.57. The number of carbonyl (C=O) groups is 2. The molecular formula is C21H23N3O3. The molecule has 27 heavy (non-hydrogen) atoms. The molecule has 1 aromatic carbocycles. The number of rotatable bonds is 4. The molecule has 2 aliphatic rings. The van der Waals surface area contributed by atoms with Crippen LogP contribution >= 0.6 is 0 Å². The molecule has 1 aromatic rings. The summed E-state index contributed by atoms with van der Waals surface area (Å²) in [5, 5.41) is 9.45. The lowest BCUT2D eigenvalue weighted by Gasteiger charge is -2.29. The molecule has 1 saturated heterocycles. The Morgan fingerprint density at radius 2 is 1.96 bits per heavy atom. The average molecular weight is 365 g/mol. The van der Waals surface area contributed by atoms with Gasteiger partial charge in [0.1, 0.15) is 11.6 Å². The van der Waals surface area contributed by atoms with Crippen molar-refractivity contribution in [1.82, 2.24) is 4.90 Å². The van der Waals surface area contributed by atoms with Crippen LogP contribution in [0.25, 0.3) is 6.08 Å². The fourth-order valence-electron chi connectivity index (χ4n) is 3.32. The maximum atomic E-state index is 13.0. The van der Waals surface area contributed by atoms with E-state index >= 15 is 0 Å². The van der Waals surface area contributed by atoms with Crippen LogP contribution in [-0.2, 0) is 14.3 Å². The maximum Gasteiger partial charge on any atom is 0.271 e. The van der Waals surface area contributed by atoms with Crippen molar-refractivity contribution in [2.75, 3.05) is 32.1 Å². The van der Waals surface area contributed by atoms with E-state index in [0.717, 1.165) is 29.0 Å². The van der Waals surface area contributed by atoms with Crippen LogP contribution in [0.1, 0.15) is 25.3 Å². The highest BCUT2D eigenvalue weighted by atomic mass is 16.5. The SMILES string of the molecule is CC1=C(C#N)C(=O)N(C[C@H]2CCCO2)C(=O)/C1=C\c1ccc(N(C)C)cc1. The molecule has 0 radical (unpaired) electrons. The molecule has 140 valence electrons. The summed E-state index contributed by atoms with van der Waals surface area (Å²) in [6.45, 7) is 2.48. The second-order valence-corrected chi connectivity index (χ2v) is 7.01. The standard InChI is InChI=1S/C21H23N3O3/c1-14-18(11-15-6-8-16(9-7-15)23(2)3)20(25)24(21(26)19(14)12-22)13-17-5-4-10-27-17/h6-9,11,17H,4-5,10,13H2,1-3H3/b18-11-/t17-/m1/s1. The van der Waals surface area contributed by atoms with E-state index in [-0.39, 0.29) is 24.1 Å². The second-order valence-electron chi connectivity index (χ2n) is 7.01. The summed E-state index contributed by atoms with van der Waals surface area (Å²) >= 11 is 0. The number of carbonyl (C=O) groups excluding carboxylic acids is 2. The van der Waals surface area contributed by atoms with Crippen LogP contribution in [0.15, 0.2) is 41.0 Å². The van der Waals surface area contributed by atoms with Crippen LogP contribution in [0.5, 0.6) is 0 Å². The molecule has 2 aliphatic heterocycles. The normalized spacial score (nSPS) is 21.8. The van der Waals surface area contributed by atoms with Crippen molar-refractivity contribution in [3.05, 3.63) is 46.5 Å². The molecular weight excluding hydrogens is 342 g/mol. The van der Waals surface area contributed by atoms with Gasteiger partial charge in [0.05, 0.1) is 12.6 Å². The lowest BCUT2D eigenvalue weighted by atomic mass is 9.93. The van der Waals surface area contributed by atoms with Gasteiger partial charge < -0.3 is 9.64 Å². The minimum Gasteiger partial charge on any atom is -0.378 e. The Bertz CT molecular complexity index is 854. The van der Waals surface area contributed by atoms with Crippen LogP contribution in [0.2, 0.25) is 0 Å². The average Bonchev–Trinajstić information content (AvgIpc) is 3.16. The molecule has 1 fully saturated rings. The number of nitrogens with zero attached hydrogens (tertiary/aromatic N) is 3. The summed E-state index contributed by atoms with van der Waals surface area (Å²) in [6, 6.07) is 9.71. The molecule has 0 unspecified atom stereocenters. The number of anilines is 1. The third-order valence-electron chi connectivity index (χ3n) is 4.96. The van der Waals surface area contributed by atoms with Crippen molar-refractivity contribution in [2.24, 2.45) is 0 Å². The Morgan fingerprint density at radius 3 is 2.52 bits per heavy atom. The van der Waals surface area contributed by atoms with Crippen molar-refractivity contribution in [3.63, 3.8) is 0 Å². The number of nitriles is 1. The van der Waals surface area contributed by atoms with Gasteiger partial charge in [-0.2, -0.15) is 5.26 Å². The molecule has 0 N–H and O–H groups in total. The van der Waals surface area contributed by atoms with Crippen molar-refractivity contribution in [1.29, 1.82) is 5.26 Å². The summed E-state index contributed by atoms with van der Waals surface area (Å²) in [6.07, 6.45) is 3.31. The minimum absolute atomic E-state index is 0.0174.